The molecular weight excluding hydrogens is 270 g/mol. The smallest absolute Gasteiger partial charge is 0.275 e. The van der Waals surface area contributed by atoms with Crippen molar-refractivity contribution in [1.82, 2.24) is 14.8 Å². The van der Waals surface area contributed by atoms with Gasteiger partial charge < -0.3 is 0 Å². The van der Waals surface area contributed by atoms with E-state index >= 15 is 0 Å². The summed E-state index contributed by atoms with van der Waals surface area (Å²) in [5.41, 5.74) is 1.38. The Labute approximate surface area is 114 Å². The number of aromatic amines is 1. The lowest BCUT2D eigenvalue weighted by molar-refractivity contribution is 0.617. The van der Waals surface area contributed by atoms with Crippen LogP contribution in [0.4, 0.5) is 0 Å². The predicted molar refractivity (Wildman–Crippen MR) is 73.6 cm³/mol. The zero-order valence-electron chi connectivity index (χ0n) is 9.81. The first-order chi connectivity index (χ1) is 8.58. The molecule has 6 heteroatoms. The van der Waals surface area contributed by atoms with E-state index in [4.69, 9.17) is 23.8 Å². The molecule has 0 unspecified atom stereocenters. The van der Waals surface area contributed by atoms with Gasteiger partial charge in [0.2, 0.25) is 0 Å². The Hall–Kier alpha value is -1.46. The van der Waals surface area contributed by atoms with Crippen LogP contribution in [0.5, 0.6) is 0 Å². The van der Waals surface area contributed by atoms with Crippen LogP contribution >= 0.6 is 23.8 Å². The summed E-state index contributed by atoms with van der Waals surface area (Å²) in [5, 5.41) is 7.19. The maximum Gasteiger partial charge on any atom is 0.275 e. The van der Waals surface area contributed by atoms with Crippen molar-refractivity contribution in [2.24, 2.45) is 0 Å². The van der Waals surface area contributed by atoms with Crippen LogP contribution in [0, 0.1) is 11.7 Å². The second-order valence-electron chi connectivity index (χ2n) is 3.95. The zero-order chi connectivity index (χ0) is 13.1. The first kappa shape index (κ1) is 13.0. The zero-order valence-corrected chi connectivity index (χ0v) is 11.4. The van der Waals surface area contributed by atoms with E-state index in [9.17, 15) is 4.79 Å². The number of halogens is 1. The minimum Gasteiger partial charge on any atom is -0.282 e. The molecule has 0 bridgehead atoms. The highest BCUT2D eigenvalue weighted by molar-refractivity contribution is 7.71. The van der Waals surface area contributed by atoms with Gasteiger partial charge in [0, 0.05) is 11.6 Å². The Kier molecular flexibility index (Phi) is 3.93. The molecule has 0 saturated carbocycles. The number of nitrogens with one attached hydrogen (secondary N) is 1. The summed E-state index contributed by atoms with van der Waals surface area (Å²) in [6.07, 6.45) is 0.720. The molecule has 0 spiro atoms. The maximum absolute atomic E-state index is 11.9. The molecule has 0 aliphatic rings. The van der Waals surface area contributed by atoms with Crippen LogP contribution in [0.1, 0.15) is 11.3 Å². The van der Waals surface area contributed by atoms with E-state index in [1.54, 1.807) is 6.92 Å². The fourth-order valence-corrected chi connectivity index (χ4v) is 1.97. The van der Waals surface area contributed by atoms with Gasteiger partial charge in [0.1, 0.15) is 5.69 Å². The van der Waals surface area contributed by atoms with Gasteiger partial charge >= 0.3 is 0 Å². The molecule has 0 aliphatic heterocycles. The third kappa shape index (κ3) is 2.86. The van der Waals surface area contributed by atoms with Gasteiger partial charge in [-0.15, -0.1) is 0 Å². The van der Waals surface area contributed by atoms with Crippen molar-refractivity contribution >= 4 is 23.8 Å². The first-order valence-electron chi connectivity index (χ1n) is 5.48. The Morgan fingerprint density at radius 1 is 1.39 bits per heavy atom. The number of benzene rings is 1. The summed E-state index contributed by atoms with van der Waals surface area (Å²) in [4.78, 5) is 11.9. The molecule has 0 amide bonds. The topological polar surface area (TPSA) is 50.7 Å². The molecule has 1 heterocycles. The van der Waals surface area contributed by atoms with Gasteiger partial charge in [-0.1, -0.05) is 23.7 Å². The van der Waals surface area contributed by atoms with Crippen molar-refractivity contribution < 1.29 is 0 Å². The SMILES string of the molecule is Cc1n[nH]c(=S)n(CCc2ccc(Cl)cc2)c1=O. The first-order valence-corrected chi connectivity index (χ1v) is 6.27. The Bertz CT molecular complexity index is 660. The van der Waals surface area contributed by atoms with E-state index in [1.165, 1.54) is 4.57 Å². The third-order valence-corrected chi connectivity index (χ3v) is 3.22. The van der Waals surface area contributed by atoms with Gasteiger partial charge in [0.05, 0.1) is 0 Å². The van der Waals surface area contributed by atoms with Gasteiger partial charge in [-0.3, -0.25) is 14.5 Å². The van der Waals surface area contributed by atoms with Gasteiger partial charge in [0.25, 0.3) is 5.56 Å². The highest BCUT2D eigenvalue weighted by atomic mass is 35.5. The fraction of sp³-hybridized carbons (Fsp3) is 0.250. The van der Waals surface area contributed by atoms with Crippen LogP contribution < -0.4 is 5.56 Å². The molecule has 1 aromatic heterocycles. The Morgan fingerprint density at radius 2 is 2.06 bits per heavy atom. The van der Waals surface area contributed by atoms with Crippen molar-refractivity contribution in [2.45, 2.75) is 19.9 Å². The van der Waals surface area contributed by atoms with E-state index in [2.05, 4.69) is 10.2 Å². The Balaban J connectivity index is 2.21. The minimum atomic E-state index is -0.146. The summed E-state index contributed by atoms with van der Waals surface area (Å²) >= 11 is 10.9. The lowest BCUT2D eigenvalue weighted by Gasteiger charge is -2.06. The second kappa shape index (κ2) is 5.46. The summed E-state index contributed by atoms with van der Waals surface area (Å²) in [6, 6.07) is 7.54. The van der Waals surface area contributed by atoms with Crippen LogP contribution in [0.2, 0.25) is 5.02 Å². The predicted octanol–water partition coefficient (Wildman–Crippen LogP) is 2.51. The van der Waals surface area contributed by atoms with Gasteiger partial charge in [0.15, 0.2) is 4.77 Å². The molecule has 2 aromatic rings. The molecule has 0 fully saturated rings. The number of hydrogen-bond donors (Lipinski definition) is 1. The number of nitrogens with zero attached hydrogens (tertiary/aromatic N) is 2. The number of H-pyrrole nitrogens is 1. The van der Waals surface area contributed by atoms with E-state index < -0.39 is 0 Å². The molecule has 94 valence electrons. The average molecular weight is 282 g/mol. The van der Waals surface area contributed by atoms with E-state index in [0.29, 0.717) is 22.0 Å². The van der Waals surface area contributed by atoms with Crippen molar-refractivity contribution in [3.05, 3.63) is 55.7 Å². The average Bonchev–Trinajstić information content (AvgIpc) is 2.36. The van der Waals surface area contributed by atoms with Gasteiger partial charge in [-0.25, -0.2) is 0 Å². The van der Waals surface area contributed by atoms with E-state index in [0.717, 1.165) is 12.0 Å². The van der Waals surface area contributed by atoms with E-state index in [1.807, 2.05) is 24.3 Å². The molecule has 1 aromatic carbocycles. The summed E-state index contributed by atoms with van der Waals surface area (Å²) in [5.74, 6) is 0. The monoisotopic (exact) mass is 281 g/mol. The van der Waals surface area contributed by atoms with Crippen molar-refractivity contribution in [2.75, 3.05) is 0 Å². The quantitative estimate of drug-likeness (QED) is 0.880. The molecular formula is C12H12ClN3OS. The molecule has 18 heavy (non-hydrogen) atoms. The third-order valence-electron chi connectivity index (χ3n) is 2.66. The lowest BCUT2D eigenvalue weighted by atomic mass is 10.1. The fourth-order valence-electron chi connectivity index (χ4n) is 1.62. The molecule has 0 radical (unpaired) electrons. The number of rotatable bonds is 3. The second-order valence-corrected chi connectivity index (χ2v) is 4.77. The molecule has 0 aliphatic carbocycles. The van der Waals surface area contributed by atoms with Crippen LogP contribution in [-0.2, 0) is 13.0 Å². The summed E-state index contributed by atoms with van der Waals surface area (Å²) in [6.45, 7) is 2.19. The van der Waals surface area contributed by atoms with Crippen molar-refractivity contribution in [3.8, 4) is 0 Å². The highest BCUT2D eigenvalue weighted by Crippen LogP contribution is 2.10. The van der Waals surface area contributed by atoms with Crippen molar-refractivity contribution in [3.63, 3.8) is 0 Å². The highest BCUT2D eigenvalue weighted by Gasteiger charge is 2.03. The number of aryl methyl sites for hydroxylation is 2. The summed E-state index contributed by atoms with van der Waals surface area (Å²) in [7, 11) is 0. The molecule has 1 N–H and O–H groups in total. The standard InChI is InChI=1S/C12H12ClN3OS/c1-8-11(17)16(12(18)15-14-8)7-6-9-2-4-10(13)5-3-9/h2-5H,6-7H2,1H3,(H,15,18). The summed E-state index contributed by atoms with van der Waals surface area (Å²) < 4.78 is 1.87. The lowest BCUT2D eigenvalue weighted by Crippen LogP contribution is -2.26. The molecule has 2 rings (SSSR count). The number of aromatic nitrogens is 3. The van der Waals surface area contributed by atoms with Crippen LogP contribution in [0.3, 0.4) is 0 Å². The van der Waals surface area contributed by atoms with Crippen molar-refractivity contribution in [1.29, 1.82) is 0 Å². The van der Waals surface area contributed by atoms with Crippen LogP contribution in [0.15, 0.2) is 29.1 Å². The maximum atomic E-state index is 11.9. The van der Waals surface area contributed by atoms with Crippen LogP contribution in [-0.4, -0.2) is 14.8 Å². The molecule has 0 atom stereocenters. The molecule has 0 saturated heterocycles. The van der Waals surface area contributed by atoms with Gasteiger partial charge in [-0.2, -0.15) is 5.10 Å². The van der Waals surface area contributed by atoms with Gasteiger partial charge in [-0.05, 0) is 43.3 Å². The number of hydrogen-bond acceptors (Lipinski definition) is 3. The minimum absolute atomic E-state index is 0.146. The Morgan fingerprint density at radius 3 is 2.72 bits per heavy atom. The molecule has 4 nitrogen and oxygen atoms in total. The van der Waals surface area contributed by atoms with E-state index in [-0.39, 0.29) is 5.56 Å². The largest absolute Gasteiger partial charge is 0.282 e. The normalized spacial score (nSPS) is 10.6. The van der Waals surface area contributed by atoms with Crippen LogP contribution in [0.25, 0.3) is 0 Å².